The smallest absolute Gasteiger partial charge is 0.197 e. The Bertz CT molecular complexity index is 899. The van der Waals surface area contributed by atoms with Gasteiger partial charge in [-0.2, -0.15) is 0 Å². The molecule has 3 aromatic rings. The van der Waals surface area contributed by atoms with Crippen molar-refractivity contribution < 1.29 is 4.74 Å². The Kier molecular flexibility index (Phi) is 4.09. The van der Waals surface area contributed by atoms with E-state index in [4.69, 9.17) is 16.3 Å². The number of nitrogens with zero attached hydrogens (tertiary/aromatic N) is 4. The average Bonchev–Trinajstić information content (AvgIpc) is 3.45. The molecule has 0 unspecified atom stereocenters. The zero-order valence-corrected chi connectivity index (χ0v) is 14.7. The summed E-state index contributed by atoms with van der Waals surface area (Å²) in [4.78, 5) is 17.2. The highest BCUT2D eigenvalue weighted by Crippen LogP contribution is 2.55. The standard InChI is InChI=1S/C19H17ClN4O/c1-11-6-12(7-16(25-2)17(11)20)14-8-15(14)13-9-23-19(24-10-13)18-21-4-3-5-22-18/h3-7,9-10,14-15H,8H2,1-2H3/t14-,15-/m0/s1. The Morgan fingerprint density at radius 1 is 0.960 bits per heavy atom. The van der Waals surface area contributed by atoms with Crippen molar-refractivity contribution in [3.05, 3.63) is 64.7 Å². The number of aromatic nitrogens is 4. The first-order valence-corrected chi connectivity index (χ1v) is 8.48. The van der Waals surface area contributed by atoms with Crippen molar-refractivity contribution in [2.45, 2.75) is 25.2 Å². The molecular weight excluding hydrogens is 336 g/mol. The van der Waals surface area contributed by atoms with E-state index in [0.29, 0.717) is 28.5 Å². The zero-order chi connectivity index (χ0) is 17.4. The predicted molar refractivity (Wildman–Crippen MR) is 95.9 cm³/mol. The van der Waals surface area contributed by atoms with Gasteiger partial charge in [0, 0.05) is 24.8 Å². The third-order valence-corrected chi connectivity index (χ3v) is 5.03. The first-order valence-electron chi connectivity index (χ1n) is 8.10. The largest absolute Gasteiger partial charge is 0.495 e. The molecule has 126 valence electrons. The van der Waals surface area contributed by atoms with Gasteiger partial charge in [-0.25, -0.2) is 19.9 Å². The molecule has 6 heteroatoms. The highest BCUT2D eigenvalue weighted by Gasteiger charge is 2.40. The average molecular weight is 353 g/mol. The first kappa shape index (κ1) is 16.0. The topological polar surface area (TPSA) is 60.8 Å². The van der Waals surface area contributed by atoms with Crippen LogP contribution in [0, 0.1) is 6.92 Å². The molecule has 0 N–H and O–H groups in total. The summed E-state index contributed by atoms with van der Waals surface area (Å²) in [5, 5.41) is 0.680. The van der Waals surface area contributed by atoms with E-state index in [1.807, 2.05) is 25.4 Å². The summed E-state index contributed by atoms with van der Waals surface area (Å²) in [7, 11) is 1.65. The molecular formula is C19H17ClN4O. The lowest BCUT2D eigenvalue weighted by Gasteiger charge is -2.09. The fourth-order valence-corrected chi connectivity index (χ4v) is 3.30. The van der Waals surface area contributed by atoms with Gasteiger partial charge in [-0.05, 0) is 54.0 Å². The van der Waals surface area contributed by atoms with Gasteiger partial charge in [0.1, 0.15) is 5.75 Å². The minimum atomic E-state index is 0.427. The van der Waals surface area contributed by atoms with Crippen LogP contribution in [0.5, 0.6) is 5.75 Å². The van der Waals surface area contributed by atoms with Crippen LogP contribution in [-0.4, -0.2) is 27.0 Å². The summed E-state index contributed by atoms with van der Waals surface area (Å²) in [6, 6.07) is 5.95. The lowest BCUT2D eigenvalue weighted by molar-refractivity contribution is 0.414. The molecule has 1 fully saturated rings. The quantitative estimate of drug-likeness (QED) is 0.705. The second kappa shape index (κ2) is 6.41. The number of ether oxygens (including phenoxy) is 1. The lowest BCUT2D eigenvalue weighted by atomic mass is 10.0. The van der Waals surface area contributed by atoms with Gasteiger partial charge in [0.25, 0.3) is 0 Å². The van der Waals surface area contributed by atoms with Gasteiger partial charge < -0.3 is 4.74 Å². The molecule has 2 heterocycles. The van der Waals surface area contributed by atoms with Crippen molar-refractivity contribution in [2.24, 2.45) is 0 Å². The Morgan fingerprint density at radius 2 is 1.60 bits per heavy atom. The predicted octanol–water partition coefficient (Wildman–Crippen LogP) is 4.18. The molecule has 0 saturated heterocycles. The van der Waals surface area contributed by atoms with Crippen molar-refractivity contribution in [3.63, 3.8) is 0 Å². The van der Waals surface area contributed by atoms with E-state index in [9.17, 15) is 0 Å². The first-order chi connectivity index (χ1) is 12.2. The Labute approximate surface area is 151 Å². The molecule has 1 aliphatic carbocycles. The fourth-order valence-electron chi connectivity index (χ4n) is 3.12. The van der Waals surface area contributed by atoms with Crippen molar-refractivity contribution in [2.75, 3.05) is 7.11 Å². The third kappa shape index (κ3) is 3.07. The van der Waals surface area contributed by atoms with E-state index in [0.717, 1.165) is 23.3 Å². The zero-order valence-electron chi connectivity index (χ0n) is 14.0. The maximum absolute atomic E-state index is 6.26. The van der Waals surface area contributed by atoms with Crippen LogP contribution >= 0.6 is 11.6 Å². The number of methoxy groups -OCH3 is 1. The van der Waals surface area contributed by atoms with Crippen molar-refractivity contribution in [1.82, 2.24) is 19.9 Å². The van der Waals surface area contributed by atoms with E-state index in [1.165, 1.54) is 5.56 Å². The SMILES string of the molecule is COc1cc([C@@H]2C[C@H]2c2cnc(-c3ncccn3)nc2)cc(C)c1Cl. The van der Waals surface area contributed by atoms with Crippen molar-refractivity contribution in [1.29, 1.82) is 0 Å². The second-order valence-electron chi connectivity index (χ2n) is 6.22. The van der Waals surface area contributed by atoms with E-state index >= 15 is 0 Å². The monoisotopic (exact) mass is 352 g/mol. The highest BCUT2D eigenvalue weighted by molar-refractivity contribution is 6.32. The van der Waals surface area contributed by atoms with Crippen LogP contribution in [0.2, 0.25) is 5.02 Å². The maximum Gasteiger partial charge on any atom is 0.197 e. The number of rotatable bonds is 4. The van der Waals surface area contributed by atoms with Crippen LogP contribution in [0.25, 0.3) is 11.6 Å². The summed E-state index contributed by atoms with van der Waals surface area (Å²) in [6.45, 7) is 2.00. The van der Waals surface area contributed by atoms with Crippen molar-refractivity contribution in [3.8, 4) is 17.4 Å². The van der Waals surface area contributed by atoms with Gasteiger partial charge in [0.15, 0.2) is 11.6 Å². The normalized spacial score (nSPS) is 18.8. The van der Waals surface area contributed by atoms with Crippen LogP contribution in [0.4, 0.5) is 0 Å². The van der Waals surface area contributed by atoms with Gasteiger partial charge >= 0.3 is 0 Å². The van der Waals surface area contributed by atoms with E-state index in [1.54, 1.807) is 25.6 Å². The van der Waals surface area contributed by atoms with Crippen LogP contribution in [-0.2, 0) is 0 Å². The molecule has 1 aromatic carbocycles. The van der Waals surface area contributed by atoms with Crippen LogP contribution in [0.15, 0.2) is 43.0 Å². The number of halogens is 1. The number of hydrogen-bond donors (Lipinski definition) is 0. The Balaban J connectivity index is 1.55. The van der Waals surface area contributed by atoms with Crippen LogP contribution < -0.4 is 4.74 Å². The molecule has 1 aliphatic rings. The number of benzene rings is 1. The van der Waals surface area contributed by atoms with Gasteiger partial charge in [-0.3, -0.25) is 0 Å². The fraction of sp³-hybridized carbons (Fsp3) is 0.263. The summed E-state index contributed by atoms with van der Waals surface area (Å²) >= 11 is 6.26. The Hall–Kier alpha value is -2.53. The van der Waals surface area contributed by atoms with E-state index in [-0.39, 0.29) is 0 Å². The van der Waals surface area contributed by atoms with Crippen LogP contribution in [0.3, 0.4) is 0 Å². The molecule has 4 rings (SSSR count). The maximum atomic E-state index is 6.26. The minimum Gasteiger partial charge on any atom is -0.495 e. The summed E-state index contributed by atoms with van der Waals surface area (Å²) in [5.41, 5.74) is 3.42. The molecule has 2 atom stereocenters. The van der Waals surface area contributed by atoms with E-state index < -0.39 is 0 Å². The minimum absolute atomic E-state index is 0.427. The number of hydrogen-bond acceptors (Lipinski definition) is 5. The summed E-state index contributed by atoms with van der Waals surface area (Å²) in [6.07, 6.45) is 8.21. The van der Waals surface area contributed by atoms with Gasteiger partial charge in [-0.1, -0.05) is 17.7 Å². The van der Waals surface area contributed by atoms with E-state index in [2.05, 4.69) is 26.0 Å². The van der Waals surface area contributed by atoms with Crippen molar-refractivity contribution >= 4 is 11.6 Å². The summed E-state index contributed by atoms with van der Waals surface area (Å²) < 4.78 is 5.38. The van der Waals surface area contributed by atoms with Crippen LogP contribution in [0.1, 0.15) is 34.9 Å². The molecule has 0 aliphatic heterocycles. The number of aryl methyl sites for hydroxylation is 1. The molecule has 0 radical (unpaired) electrons. The third-order valence-electron chi connectivity index (χ3n) is 4.55. The Morgan fingerprint density at radius 3 is 2.28 bits per heavy atom. The molecule has 5 nitrogen and oxygen atoms in total. The highest BCUT2D eigenvalue weighted by atomic mass is 35.5. The van der Waals surface area contributed by atoms with Gasteiger partial charge in [0.05, 0.1) is 12.1 Å². The molecule has 2 aromatic heterocycles. The summed E-state index contributed by atoms with van der Waals surface area (Å²) in [5.74, 6) is 2.70. The molecule has 1 saturated carbocycles. The molecule has 0 spiro atoms. The molecule has 25 heavy (non-hydrogen) atoms. The van der Waals surface area contributed by atoms with Gasteiger partial charge in [0.2, 0.25) is 0 Å². The molecule has 0 amide bonds. The lowest BCUT2D eigenvalue weighted by Crippen LogP contribution is -1.96. The second-order valence-corrected chi connectivity index (χ2v) is 6.59. The molecule has 0 bridgehead atoms. The van der Waals surface area contributed by atoms with Gasteiger partial charge in [-0.15, -0.1) is 0 Å².